The monoisotopic (exact) mass is 305 g/mol. The smallest absolute Gasteiger partial charge is 0.121 e. The van der Waals surface area contributed by atoms with Crippen molar-refractivity contribution in [3.8, 4) is 5.75 Å². The first-order chi connectivity index (χ1) is 10.3. The summed E-state index contributed by atoms with van der Waals surface area (Å²) in [6.45, 7) is 1.52. The summed E-state index contributed by atoms with van der Waals surface area (Å²) in [4.78, 5) is 4.66. The van der Waals surface area contributed by atoms with Crippen molar-refractivity contribution in [3.05, 3.63) is 36.4 Å². The van der Waals surface area contributed by atoms with Crippen molar-refractivity contribution in [1.29, 1.82) is 0 Å². The van der Waals surface area contributed by atoms with Gasteiger partial charge in [-0.25, -0.2) is 4.98 Å². The van der Waals surface area contributed by atoms with Gasteiger partial charge in [0.15, 0.2) is 0 Å². The van der Waals surface area contributed by atoms with Crippen molar-refractivity contribution in [1.82, 2.24) is 24.5 Å². The third-order valence-corrected chi connectivity index (χ3v) is 3.57. The van der Waals surface area contributed by atoms with Crippen molar-refractivity contribution in [2.75, 3.05) is 13.0 Å². The lowest BCUT2D eigenvalue weighted by Gasteiger charge is -2.08. The van der Waals surface area contributed by atoms with Gasteiger partial charge in [0, 0.05) is 31.1 Å². The number of hydrogen-bond donors (Lipinski definition) is 0. The number of imidazole rings is 1. The number of nitrogens with zero attached hydrogens (tertiary/aromatic N) is 5. The molecule has 1 aromatic carbocycles. The Morgan fingerprint density at radius 1 is 1.29 bits per heavy atom. The van der Waals surface area contributed by atoms with Crippen LogP contribution in [0.2, 0.25) is 0 Å². The molecule has 0 atom stereocenters. The van der Waals surface area contributed by atoms with Gasteiger partial charge in [0.25, 0.3) is 0 Å². The van der Waals surface area contributed by atoms with E-state index >= 15 is 0 Å². The maximum absolute atomic E-state index is 5.89. The molecule has 0 fully saturated rings. The highest BCUT2D eigenvalue weighted by molar-refractivity contribution is 6.17. The minimum atomic E-state index is 0.545. The molecule has 110 valence electrons. The molecule has 0 N–H and O–H groups in total. The quantitative estimate of drug-likeness (QED) is 0.655. The van der Waals surface area contributed by atoms with Gasteiger partial charge in [-0.05, 0) is 12.1 Å². The Kier molecular flexibility index (Phi) is 4.06. The van der Waals surface area contributed by atoms with Gasteiger partial charge in [0.1, 0.15) is 11.6 Å². The minimum absolute atomic E-state index is 0.545. The van der Waals surface area contributed by atoms with Crippen molar-refractivity contribution in [2.45, 2.75) is 19.5 Å². The molecular formula is C14H16ClN5O. The van der Waals surface area contributed by atoms with Gasteiger partial charge in [-0.1, -0.05) is 5.21 Å². The Morgan fingerprint density at radius 2 is 2.19 bits per heavy atom. The molecule has 0 spiro atoms. The highest BCUT2D eigenvalue weighted by Gasteiger charge is 2.11. The number of benzene rings is 1. The van der Waals surface area contributed by atoms with Crippen molar-refractivity contribution >= 4 is 22.6 Å². The number of rotatable bonds is 6. The minimum Gasteiger partial charge on any atom is -0.497 e. The molecule has 2 aromatic heterocycles. The second-order valence-corrected chi connectivity index (χ2v) is 5.02. The van der Waals surface area contributed by atoms with E-state index in [9.17, 15) is 0 Å². The number of fused-ring (bicyclic) bond motifs is 1. The summed E-state index contributed by atoms with van der Waals surface area (Å²) >= 11 is 5.89. The van der Waals surface area contributed by atoms with E-state index in [0.717, 1.165) is 42.1 Å². The van der Waals surface area contributed by atoms with Gasteiger partial charge in [-0.2, -0.15) is 0 Å². The molecule has 0 unspecified atom stereocenters. The van der Waals surface area contributed by atoms with E-state index in [1.54, 1.807) is 18.0 Å². The standard InChI is InChI=1S/C14H16ClN5O/c1-21-11-2-3-13-12(10-11)17-14(4-5-15)20(13)9-8-19-7-6-16-18-19/h2-3,6-7,10H,4-5,8-9H2,1H3. The number of hydrogen-bond acceptors (Lipinski definition) is 4. The Bertz CT molecular complexity index is 722. The molecule has 0 amide bonds. The van der Waals surface area contributed by atoms with Crippen LogP contribution in [0.1, 0.15) is 5.82 Å². The third-order valence-electron chi connectivity index (χ3n) is 3.38. The number of methoxy groups -OCH3 is 1. The molecule has 3 rings (SSSR count). The van der Waals surface area contributed by atoms with Gasteiger partial charge >= 0.3 is 0 Å². The van der Waals surface area contributed by atoms with Crippen LogP contribution in [0.5, 0.6) is 5.75 Å². The zero-order chi connectivity index (χ0) is 14.7. The predicted octanol–water partition coefficient (Wildman–Crippen LogP) is 2.12. The highest BCUT2D eigenvalue weighted by atomic mass is 35.5. The maximum atomic E-state index is 5.89. The van der Waals surface area contributed by atoms with Crippen LogP contribution in [0, 0.1) is 0 Å². The first kappa shape index (κ1) is 13.9. The molecular weight excluding hydrogens is 290 g/mol. The second kappa shape index (κ2) is 6.13. The molecule has 0 saturated carbocycles. The van der Waals surface area contributed by atoms with E-state index in [1.807, 2.05) is 24.4 Å². The Balaban J connectivity index is 1.95. The fourth-order valence-corrected chi connectivity index (χ4v) is 2.53. The summed E-state index contributed by atoms with van der Waals surface area (Å²) in [5.74, 6) is 2.33. The zero-order valence-electron chi connectivity index (χ0n) is 11.7. The maximum Gasteiger partial charge on any atom is 0.121 e. The summed E-state index contributed by atoms with van der Waals surface area (Å²) in [6, 6.07) is 5.92. The molecule has 0 aliphatic carbocycles. The SMILES string of the molecule is COc1ccc2c(c1)nc(CCCl)n2CCn1ccnn1. The lowest BCUT2D eigenvalue weighted by molar-refractivity contribution is 0.415. The van der Waals surface area contributed by atoms with Crippen molar-refractivity contribution in [3.63, 3.8) is 0 Å². The summed E-state index contributed by atoms with van der Waals surface area (Å²) in [6.07, 6.45) is 4.26. The van der Waals surface area contributed by atoms with Crippen LogP contribution < -0.4 is 4.74 Å². The van der Waals surface area contributed by atoms with Gasteiger partial charge < -0.3 is 9.30 Å². The largest absolute Gasteiger partial charge is 0.497 e. The Morgan fingerprint density at radius 3 is 2.90 bits per heavy atom. The van der Waals surface area contributed by atoms with Crippen LogP contribution >= 0.6 is 11.6 Å². The summed E-state index contributed by atoms with van der Waals surface area (Å²) in [5.41, 5.74) is 2.00. The van der Waals surface area contributed by atoms with Crippen molar-refractivity contribution in [2.24, 2.45) is 0 Å². The molecule has 0 aliphatic rings. The van der Waals surface area contributed by atoms with Crippen LogP contribution in [0.3, 0.4) is 0 Å². The number of aryl methyl sites for hydroxylation is 3. The van der Waals surface area contributed by atoms with Gasteiger partial charge in [-0.3, -0.25) is 4.68 Å². The zero-order valence-corrected chi connectivity index (χ0v) is 12.5. The van der Waals surface area contributed by atoms with Gasteiger partial charge in [0.05, 0.1) is 30.9 Å². The molecule has 2 heterocycles. The summed E-state index contributed by atoms with van der Waals surface area (Å²) in [7, 11) is 1.66. The number of aromatic nitrogens is 5. The summed E-state index contributed by atoms with van der Waals surface area (Å²) < 4.78 is 9.24. The normalized spacial score (nSPS) is 11.1. The fraction of sp³-hybridized carbons (Fsp3) is 0.357. The van der Waals surface area contributed by atoms with Crippen LogP contribution in [-0.2, 0) is 19.5 Å². The molecule has 0 bridgehead atoms. The van der Waals surface area contributed by atoms with E-state index in [1.165, 1.54) is 0 Å². The number of ether oxygens (including phenoxy) is 1. The molecule has 3 aromatic rings. The van der Waals surface area contributed by atoms with E-state index in [2.05, 4.69) is 19.9 Å². The summed E-state index contributed by atoms with van der Waals surface area (Å²) in [5, 5.41) is 7.80. The Hall–Kier alpha value is -2.08. The van der Waals surface area contributed by atoms with Crippen LogP contribution in [0.25, 0.3) is 11.0 Å². The lowest BCUT2D eigenvalue weighted by atomic mass is 10.3. The number of alkyl halides is 1. The average Bonchev–Trinajstić information content (AvgIpc) is 3.12. The van der Waals surface area contributed by atoms with Crippen LogP contribution in [-0.4, -0.2) is 37.5 Å². The molecule has 6 nitrogen and oxygen atoms in total. The second-order valence-electron chi connectivity index (χ2n) is 4.64. The van der Waals surface area contributed by atoms with Gasteiger partial charge in [0.2, 0.25) is 0 Å². The van der Waals surface area contributed by atoms with Gasteiger partial charge in [-0.15, -0.1) is 16.7 Å². The molecule has 0 saturated heterocycles. The van der Waals surface area contributed by atoms with Crippen LogP contribution in [0.15, 0.2) is 30.6 Å². The Labute approximate surface area is 127 Å². The first-order valence-electron chi connectivity index (χ1n) is 6.75. The van der Waals surface area contributed by atoms with Crippen molar-refractivity contribution < 1.29 is 4.74 Å². The molecule has 0 aliphatic heterocycles. The lowest BCUT2D eigenvalue weighted by Crippen LogP contribution is -2.11. The van der Waals surface area contributed by atoms with E-state index in [0.29, 0.717) is 5.88 Å². The van der Waals surface area contributed by atoms with E-state index in [4.69, 9.17) is 16.3 Å². The number of halogens is 1. The van der Waals surface area contributed by atoms with Crippen LogP contribution in [0.4, 0.5) is 0 Å². The first-order valence-corrected chi connectivity index (χ1v) is 7.28. The average molecular weight is 306 g/mol. The molecule has 21 heavy (non-hydrogen) atoms. The predicted molar refractivity (Wildman–Crippen MR) is 80.7 cm³/mol. The molecule has 7 heteroatoms. The van der Waals surface area contributed by atoms with E-state index < -0.39 is 0 Å². The van der Waals surface area contributed by atoms with E-state index in [-0.39, 0.29) is 0 Å². The topological polar surface area (TPSA) is 57.8 Å². The highest BCUT2D eigenvalue weighted by Crippen LogP contribution is 2.22. The molecule has 0 radical (unpaired) electrons. The third kappa shape index (κ3) is 2.85. The fourth-order valence-electron chi connectivity index (χ4n) is 2.37.